The number of nitriles is 1. The van der Waals surface area contributed by atoms with Crippen LogP contribution in [-0.4, -0.2) is 36.5 Å². The molecule has 1 aliphatic heterocycles. The molecule has 0 saturated carbocycles. The number of hydrogen-bond donors (Lipinski definition) is 1. The Morgan fingerprint density at radius 2 is 2.15 bits per heavy atom. The first kappa shape index (κ1) is 20.7. The minimum atomic E-state index is -1.05. The number of ether oxygens (including phenoxy) is 1. The van der Waals surface area contributed by atoms with Crippen LogP contribution >= 0.6 is 11.6 Å². The monoisotopic (exact) mass is 391 g/mol. The van der Waals surface area contributed by atoms with Crippen LogP contribution in [-0.2, 0) is 14.3 Å². The lowest BCUT2D eigenvalue weighted by Crippen LogP contribution is -2.50. The maximum absolute atomic E-state index is 12.3. The van der Waals surface area contributed by atoms with E-state index in [9.17, 15) is 19.6 Å². The van der Waals surface area contributed by atoms with Gasteiger partial charge >= 0.3 is 5.97 Å². The largest absolute Gasteiger partial charge is 0.452 e. The van der Waals surface area contributed by atoms with E-state index < -0.39 is 24.0 Å². The van der Waals surface area contributed by atoms with Crippen molar-refractivity contribution in [2.24, 2.45) is 5.92 Å². The molecule has 0 radical (unpaired) electrons. The molecular formula is C19H22ClN3O4. The van der Waals surface area contributed by atoms with Crippen molar-refractivity contribution in [2.45, 2.75) is 39.2 Å². The molecule has 1 N–H and O–H groups in total. The van der Waals surface area contributed by atoms with Crippen molar-refractivity contribution in [2.75, 3.05) is 18.1 Å². The van der Waals surface area contributed by atoms with E-state index in [1.165, 1.54) is 23.1 Å². The molecule has 1 aromatic carbocycles. The number of amides is 2. The molecule has 1 heterocycles. The summed E-state index contributed by atoms with van der Waals surface area (Å²) in [4.78, 5) is 37.7. The summed E-state index contributed by atoms with van der Waals surface area (Å²) in [6, 6.07) is 6.53. The molecule has 1 atom stereocenters. The fourth-order valence-electron chi connectivity index (χ4n) is 2.59. The average Bonchev–Trinajstić information content (AvgIpc) is 3.05. The number of halogens is 1. The first-order valence-corrected chi connectivity index (χ1v) is 9.05. The van der Waals surface area contributed by atoms with Gasteiger partial charge in [0.15, 0.2) is 6.61 Å². The van der Waals surface area contributed by atoms with Crippen LogP contribution in [0.1, 0.15) is 44.0 Å². The van der Waals surface area contributed by atoms with Gasteiger partial charge < -0.3 is 15.0 Å². The highest BCUT2D eigenvalue weighted by atomic mass is 35.5. The van der Waals surface area contributed by atoms with Gasteiger partial charge in [-0.2, -0.15) is 5.26 Å². The van der Waals surface area contributed by atoms with E-state index in [2.05, 4.69) is 11.4 Å². The molecule has 1 aliphatic rings. The topological polar surface area (TPSA) is 99.5 Å². The van der Waals surface area contributed by atoms with Crippen LogP contribution in [0.5, 0.6) is 0 Å². The standard InChI is InChI=1S/C19H22ClN3O4/c1-12(2)19(3,11-21)22-16(24)10-27-18(26)13-6-7-14(20)15(9-13)23-8-4-5-17(23)25/h6-7,9,12H,4-5,8,10H2,1-3H3,(H,22,24)/t19-/m1/s1. The second-order valence-corrected chi connectivity index (χ2v) is 7.32. The Morgan fingerprint density at radius 3 is 2.70 bits per heavy atom. The molecule has 1 aromatic rings. The molecule has 27 heavy (non-hydrogen) atoms. The summed E-state index contributed by atoms with van der Waals surface area (Å²) < 4.78 is 5.04. The lowest BCUT2D eigenvalue weighted by molar-refractivity contribution is -0.125. The summed E-state index contributed by atoms with van der Waals surface area (Å²) in [6.07, 6.45) is 1.18. The summed E-state index contributed by atoms with van der Waals surface area (Å²) in [5.41, 5.74) is -0.406. The molecule has 2 amide bonds. The van der Waals surface area contributed by atoms with E-state index in [-0.39, 0.29) is 17.4 Å². The maximum Gasteiger partial charge on any atom is 0.338 e. The number of benzene rings is 1. The second kappa shape index (κ2) is 8.40. The predicted octanol–water partition coefficient (Wildman–Crippen LogP) is 2.68. The molecule has 0 spiro atoms. The van der Waals surface area contributed by atoms with E-state index in [1.54, 1.807) is 6.92 Å². The summed E-state index contributed by atoms with van der Waals surface area (Å²) >= 11 is 6.15. The van der Waals surface area contributed by atoms with E-state index >= 15 is 0 Å². The van der Waals surface area contributed by atoms with Gasteiger partial charge in [0, 0.05) is 13.0 Å². The third-order valence-corrected chi connectivity index (χ3v) is 4.99. The van der Waals surface area contributed by atoms with Crippen LogP contribution in [0.15, 0.2) is 18.2 Å². The van der Waals surface area contributed by atoms with E-state index in [1.807, 2.05) is 13.8 Å². The molecule has 2 rings (SSSR count). The van der Waals surface area contributed by atoms with Crippen molar-refractivity contribution in [3.8, 4) is 6.07 Å². The van der Waals surface area contributed by atoms with Gasteiger partial charge in [-0.05, 0) is 37.5 Å². The number of rotatable bonds is 6. The van der Waals surface area contributed by atoms with E-state index in [0.29, 0.717) is 23.7 Å². The second-order valence-electron chi connectivity index (χ2n) is 6.91. The lowest BCUT2D eigenvalue weighted by Gasteiger charge is -2.27. The molecule has 0 aromatic heterocycles. The third-order valence-electron chi connectivity index (χ3n) is 4.67. The Balaban J connectivity index is 2.03. The first-order chi connectivity index (χ1) is 12.7. The summed E-state index contributed by atoms with van der Waals surface area (Å²) in [5.74, 6) is -1.44. The van der Waals surface area contributed by atoms with Gasteiger partial charge in [0.1, 0.15) is 5.54 Å². The van der Waals surface area contributed by atoms with Crippen LogP contribution < -0.4 is 10.2 Å². The Kier molecular flexibility index (Phi) is 6.45. The maximum atomic E-state index is 12.3. The smallest absolute Gasteiger partial charge is 0.338 e. The zero-order valence-electron chi connectivity index (χ0n) is 15.5. The molecule has 0 bridgehead atoms. The Labute approximate surface area is 163 Å². The number of nitrogens with zero attached hydrogens (tertiary/aromatic N) is 2. The van der Waals surface area contributed by atoms with Crippen LogP contribution in [0.2, 0.25) is 5.02 Å². The van der Waals surface area contributed by atoms with E-state index in [4.69, 9.17) is 16.3 Å². The third kappa shape index (κ3) is 4.77. The van der Waals surface area contributed by atoms with Gasteiger partial charge in [-0.3, -0.25) is 9.59 Å². The van der Waals surface area contributed by atoms with Crippen molar-refractivity contribution >= 4 is 35.1 Å². The normalized spacial score (nSPS) is 16.0. The number of nitrogens with one attached hydrogen (secondary N) is 1. The molecule has 0 aliphatic carbocycles. The number of carbonyl (C=O) groups excluding carboxylic acids is 3. The van der Waals surface area contributed by atoms with Gasteiger partial charge in [0.25, 0.3) is 5.91 Å². The zero-order chi connectivity index (χ0) is 20.2. The molecule has 0 unspecified atom stereocenters. The van der Waals surface area contributed by atoms with Gasteiger partial charge in [-0.1, -0.05) is 25.4 Å². The van der Waals surface area contributed by atoms with Crippen molar-refractivity contribution in [1.82, 2.24) is 5.32 Å². The number of hydrogen-bond acceptors (Lipinski definition) is 5. The Hall–Kier alpha value is -2.59. The van der Waals surface area contributed by atoms with Crippen molar-refractivity contribution in [3.05, 3.63) is 28.8 Å². The highest BCUT2D eigenvalue weighted by molar-refractivity contribution is 6.34. The van der Waals surface area contributed by atoms with Crippen LogP contribution in [0, 0.1) is 17.2 Å². The molecular weight excluding hydrogens is 370 g/mol. The minimum Gasteiger partial charge on any atom is -0.452 e. The highest BCUT2D eigenvalue weighted by Gasteiger charge is 2.30. The number of carbonyl (C=O) groups is 3. The number of esters is 1. The molecule has 144 valence electrons. The lowest BCUT2D eigenvalue weighted by atomic mass is 9.90. The van der Waals surface area contributed by atoms with Gasteiger partial charge in [-0.25, -0.2) is 4.79 Å². The predicted molar refractivity (Wildman–Crippen MR) is 100 cm³/mol. The van der Waals surface area contributed by atoms with Gasteiger partial charge in [0.05, 0.1) is 22.3 Å². The van der Waals surface area contributed by atoms with Crippen molar-refractivity contribution in [3.63, 3.8) is 0 Å². The van der Waals surface area contributed by atoms with Crippen LogP contribution in [0.25, 0.3) is 0 Å². The SMILES string of the molecule is CC(C)[C@@](C)(C#N)NC(=O)COC(=O)c1ccc(Cl)c(N2CCCC2=O)c1. The fourth-order valence-corrected chi connectivity index (χ4v) is 2.81. The van der Waals surface area contributed by atoms with Gasteiger partial charge in [0.2, 0.25) is 5.91 Å². The van der Waals surface area contributed by atoms with E-state index in [0.717, 1.165) is 6.42 Å². The summed E-state index contributed by atoms with van der Waals surface area (Å²) in [7, 11) is 0. The Morgan fingerprint density at radius 1 is 1.44 bits per heavy atom. The van der Waals surface area contributed by atoms with Crippen molar-refractivity contribution < 1.29 is 19.1 Å². The quantitative estimate of drug-likeness (QED) is 0.751. The average molecular weight is 392 g/mol. The minimum absolute atomic E-state index is 0.0498. The molecule has 1 fully saturated rings. The molecule has 7 nitrogen and oxygen atoms in total. The molecule has 1 saturated heterocycles. The zero-order valence-corrected chi connectivity index (χ0v) is 16.3. The highest BCUT2D eigenvalue weighted by Crippen LogP contribution is 2.30. The Bertz CT molecular complexity index is 803. The van der Waals surface area contributed by atoms with Crippen LogP contribution in [0.4, 0.5) is 5.69 Å². The first-order valence-electron chi connectivity index (χ1n) is 8.67. The van der Waals surface area contributed by atoms with Gasteiger partial charge in [-0.15, -0.1) is 0 Å². The summed E-state index contributed by atoms with van der Waals surface area (Å²) in [5, 5.41) is 12.2. The number of anilines is 1. The van der Waals surface area contributed by atoms with Crippen molar-refractivity contribution in [1.29, 1.82) is 5.26 Å². The molecule has 8 heteroatoms. The van der Waals surface area contributed by atoms with Crippen LogP contribution in [0.3, 0.4) is 0 Å². The fraction of sp³-hybridized carbons (Fsp3) is 0.474. The summed E-state index contributed by atoms with van der Waals surface area (Å²) in [6.45, 7) is 5.26.